The third-order valence-electron chi connectivity index (χ3n) is 6.11. The maximum absolute atomic E-state index is 11.6. The summed E-state index contributed by atoms with van der Waals surface area (Å²) in [6.45, 7) is 5.85. The number of rotatable bonds is 2. The number of benzene rings is 1. The number of aromatic amines is 1. The van der Waals surface area contributed by atoms with Gasteiger partial charge in [-0.05, 0) is 45.7 Å². The van der Waals surface area contributed by atoms with Crippen LogP contribution in [0.25, 0.3) is 11.1 Å². The average molecular weight is 359 g/mol. The third kappa shape index (κ3) is 2.80. The van der Waals surface area contributed by atoms with Gasteiger partial charge in [0.25, 0.3) is 0 Å². The number of carbonyl (C=O) groups is 1. The highest BCUT2D eigenvalue weighted by atomic mass is 16.4. The van der Waals surface area contributed by atoms with Gasteiger partial charge in [0.2, 0.25) is 0 Å². The van der Waals surface area contributed by atoms with Crippen LogP contribution >= 0.6 is 0 Å². The number of fused-ring (bicyclic) bond motifs is 1. The molecule has 2 fully saturated rings. The molecule has 1 aromatic carbocycles. The number of oxazole rings is 1. The summed E-state index contributed by atoms with van der Waals surface area (Å²) in [6, 6.07) is 6.12. The van der Waals surface area contributed by atoms with Crippen LogP contribution in [0.3, 0.4) is 0 Å². The number of likely N-dealkylation sites (tertiary alicyclic amines) is 2. The lowest BCUT2D eigenvalue weighted by molar-refractivity contribution is 0.101. The number of para-hydroxylation sites is 1. The number of nitrogens with zero attached hydrogens (tertiary/aromatic N) is 2. The Labute approximate surface area is 151 Å². The van der Waals surface area contributed by atoms with Crippen molar-refractivity contribution in [1.29, 1.82) is 0 Å². The molecule has 4 unspecified atom stereocenters. The monoisotopic (exact) mass is 359 g/mol. The summed E-state index contributed by atoms with van der Waals surface area (Å²) in [7, 11) is 0. The van der Waals surface area contributed by atoms with Crippen LogP contribution in [0, 0.1) is 0 Å². The fraction of sp³-hybridized carbons (Fsp3) is 0.579. The van der Waals surface area contributed by atoms with Gasteiger partial charge in [0.1, 0.15) is 0 Å². The molecule has 1 aromatic heterocycles. The van der Waals surface area contributed by atoms with E-state index < -0.39 is 11.8 Å². The highest BCUT2D eigenvalue weighted by Crippen LogP contribution is 2.36. The Balaban J connectivity index is 1.58. The van der Waals surface area contributed by atoms with Crippen molar-refractivity contribution in [2.45, 2.75) is 57.2 Å². The predicted molar refractivity (Wildman–Crippen MR) is 97.6 cm³/mol. The minimum absolute atomic E-state index is 0.0118. The standard InChI is InChI=1S/C19H25N3O4/c1-11-9-16(12(2)22(11)19(24)25)21-8-4-5-13(10-21)14-6-3-7-15-17(14)26-18(23)20-15/h3,6-7,11-13,16H,4-5,8-10H2,1-2H3,(H,20,23)(H,24,25). The molecule has 0 bridgehead atoms. The summed E-state index contributed by atoms with van der Waals surface area (Å²) < 4.78 is 5.38. The van der Waals surface area contributed by atoms with Crippen molar-refractivity contribution in [3.8, 4) is 0 Å². The van der Waals surface area contributed by atoms with E-state index in [9.17, 15) is 14.7 Å². The van der Waals surface area contributed by atoms with Crippen molar-refractivity contribution in [2.75, 3.05) is 13.1 Å². The van der Waals surface area contributed by atoms with E-state index in [0.717, 1.165) is 43.4 Å². The van der Waals surface area contributed by atoms with Gasteiger partial charge < -0.3 is 14.4 Å². The van der Waals surface area contributed by atoms with Gasteiger partial charge in [0.05, 0.1) is 5.52 Å². The largest absolute Gasteiger partial charge is 0.465 e. The van der Waals surface area contributed by atoms with Gasteiger partial charge in [-0.1, -0.05) is 12.1 Å². The first kappa shape index (κ1) is 17.1. The highest BCUT2D eigenvalue weighted by molar-refractivity contribution is 5.76. The van der Waals surface area contributed by atoms with E-state index in [1.54, 1.807) is 4.90 Å². The molecule has 4 rings (SSSR count). The molecular weight excluding hydrogens is 334 g/mol. The lowest BCUT2D eigenvalue weighted by Gasteiger charge is -2.39. The highest BCUT2D eigenvalue weighted by Gasteiger charge is 2.43. The first-order valence-electron chi connectivity index (χ1n) is 9.32. The average Bonchev–Trinajstić information content (AvgIpc) is 3.13. The van der Waals surface area contributed by atoms with Crippen LogP contribution in [0.5, 0.6) is 0 Å². The number of aromatic nitrogens is 1. The van der Waals surface area contributed by atoms with E-state index >= 15 is 0 Å². The van der Waals surface area contributed by atoms with Gasteiger partial charge in [0, 0.05) is 36.2 Å². The fourth-order valence-corrected chi connectivity index (χ4v) is 4.94. The predicted octanol–water partition coefficient (Wildman–Crippen LogP) is 2.83. The number of hydrogen-bond donors (Lipinski definition) is 2. The minimum atomic E-state index is -0.833. The number of amides is 1. The molecule has 26 heavy (non-hydrogen) atoms. The third-order valence-corrected chi connectivity index (χ3v) is 6.11. The van der Waals surface area contributed by atoms with Crippen LogP contribution in [0.1, 0.15) is 44.6 Å². The van der Waals surface area contributed by atoms with Crippen LogP contribution in [-0.2, 0) is 0 Å². The maximum atomic E-state index is 11.6. The van der Waals surface area contributed by atoms with Gasteiger partial charge in [0.15, 0.2) is 5.58 Å². The maximum Gasteiger partial charge on any atom is 0.417 e. The molecule has 2 saturated heterocycles. The van der Waals surface area contributed by atoms with Gasteiger partial charge in [-0.15, -0.1) is 0 Å². The molecule has 3 heterocycles. The number of nitrogens with one attached hydrogen (secondary N) is 1. The normalized spacial score (nSPS) is 30.2. The molecule has 0 spiro atoms. The molecule has 7 nitrogen and oxygen atoms in total. The van der Waals surface area contributed by atoms with E-state index in [0.29, 0.717) is 5.58 Å². The number of H-pyrrole nitrogens is 1. The molecule has 1 amide bonds. The molecule has 2 aliphatic heterocycles. The first-order valence-corrected chi connectivity index (χ1v) is 9.32. The zero-order chi connectivity index (χ0) is 18.4. The summed E-state index contributed by atoms with van der Waals surface area (Å²) in [5, 5.41) is 9.48. The van der Waals surface area contributed by atoms with Crippen LogP contribution < -0.4 is 5.76 Å². The molecule has 2 N–H and O–H groups in total. The molecule has 7 heteroatoms. The summed E-state index contributed by atoms with van der Waals surface area (Å²) in [5.41, 5.74) is 2.47. The second kappa shape index (κ2) is 6.46. The van der Waals surface area contributed by atoms with Crippen LogP contribution in [0.2, 0.25) is 0 Å². The second-order valence-corrected chi connectivity index (χ2v) is 7.66. The van der Waals surface area contributed by atoms with Crippen molar-refractivity contribution < 1.29 is 14.3 Å². The molecule has 2 aromatic rings. The van der Waals surface area contributed by atoms with Gasteiger partial charge in [-0.25, -0.2) is 9.59 Å². The van der Waals surface area contributed by atoms with E-state index in [1.807, 2.05) is 32.0 Å². The van der Waals surface area contributed by atoms with Crippen molar-refractivity contribution in [2.24, 2.45) is 0 Å². The molecule has 0 aliphatic carbocycles. The quantitative estimate of drug-likeness (QED) is 0.860. The Morgan fingerprint density at radius 1 is 1.35 bits per heavy atom. The summed E-state index contributed by atoms with van der Waals surface area (Å²) in [5.74, 6) is -0.136. The molecule has 4 atom stereocenters. The first-order chi connectivity index (χ1) is 12.5. The minimum Gasteiger partial charge on any atom is -0.465 e. The van der Waals surface area contributed by atoms with E-state index in [-0.39, 0.29) is 24.0 Å². The topological polar surface area (TPSA) is 89.8 Å². The molecular formula is C19H25N3O4. The Kier molecular flexibility index (Phi) is 4.26. The summed E-state index contributed by atoms with van der Waals surface area (Å²) in [6.07, 6.45) is 2.13. The fourth-order valence-electron chi connectivity index (χ4n) is 4.94. The second-order valence-electron chi connectivity index (χ2n) is 7.66. The lowest BCUT2D eigenvalue weighted by atomic mass is 9.88. The van der Waals surface area contributed by atoms with Gasteiger partial charge in [-0.3, -0.25) is 9.88 Å². The van der Waals surface area contributed by atoms with Crippen molar-refractivity contribution in [3.05, 3.63) is 34.3 Å². The van der Waals surface area contributed by atoms with Crippen molar-refractivity contribution in [1.82, 2.24) is 14.8 Å². The van der Waals surface area contributed by atoms with Gasteiger partial charge in [-0.2, -0.15) is 0 Å². The number of carboxylic acid groups (broad SMARTS) is 1. The Bertz CT molecular complexity index is 873. The van der Waals surface area contributed by atoms with E-state index in [2.05, 4.69) is 9.88 Å². The molecule has 140 valence electrons. The van der Waals surface area contributed by atoms with E-state index in [4.69, 9.17) is 4.42 Å². The SMILES string of the molecule is CC1CC(N2CCCC(c3cccc4[nH]c(=O)oc34)C2)C(C)N1C(=O)O. The van der Waals surface area contributed by atoms with Gasteiger partial charge >= 0.3 is 11.8 Å². The lowest BCUT2D eigenvalue weighted by Crippen LogP contribution is -2.48. The molecule has 0 radical (unpaired) electrons. The zero-order valence-corrected chi connectivity index (χ0v) is 15.1. The summed E-state index contributed by atoms with van der Waals surface area (Å²) >= 11 is 0. The van der Waals surface area contributed by atoms with E-state index in [1.165, 1.54) is 0 Å². The van der Waals surface area contributed by atoms with Crippen LogP contribution in [-0.4, -0.2) is 57.2 Å². The molecule has 0 saturated carbocycles. The number of hydrogen-bond acceptors (Lipinski definition) is 4. The van der Waals surface area contributed by atoms with Crippen LogP contribution in [0.4, 0.5) is 4.79 Å². The molecule has 2 aliphatic rings. The Hall–Kier alpha value is -2.28. The Morgan fingerprint density at radius 3 is 2.88 bits per heavy atom. The smallest absolute Gasteiger partial charge is 0.417 e. The zero-order valence-electron chi connectivity index (χ0n) is 15.1. The van der Waals surface area contributed by atoms with Crippen molar-refractivity contribution >= 4 is 17.2 Å². The van der Waals surface area contributed by atoms with Crippen molar-refractivity contribution in [3.63, 3.8) is 0 Å². The summed E-state index contributed by atoms with van der Waals surface area (Å²) in [4.78, 5) is 29.9. The number of piperidine rings is 1. The van der Waals surface area contributed by atoms with Crippen LogP contribution in [0.15, 0.2) is 27.4 Å². The Morgan fingerprint density at radius 2 is 2.15 bits per heavy atom.